The number of piperidine rings is 1. The van der Waals surface area contributed by atoms with E-state index in [9.17, 15) is 14.5 Å². The summed E-state index contributed by atoms with van der Waals surface area (Å²) in [5, 5.41) is 20.0. The highest BCUT2D eigenvalue weighted by molar-refractivity contribution is 5.40. The zero-order valence-corrected chi connectivity index (χ0v) is 11.3. The van der Waals surface area contributed by atoms with E-state index in [1.54, 1.807) is 0 Å². The van der Waals surface area contributed by atoms with Crippen LogP contribution < -0.4 is 0 Å². The molecule has 0 aromatic heterocycles. The minimum atomic E-state index is -0.468. The third kappa shape index (κ3) is 3.74. The van der Waals surface area contributed by atoms with E-state index in [4.69, 9.17) is 5.11 Å². The molecule has 0 amide bonds. The molecule has 1 aromatic carbocycles. The number of nitro benzene ring substituents is 1. The Kier molecular flexibility index (Phi) is 5.03. The molecule has 0 radical (unpaired) electrons. The fourth-order valence-electron chi connectivity index (χ4n) is 2.81. The number of hydrogen-bond donors (Lipinski definition) is 1. The monoisotopic (exact) mass is 282 g/mol. The summed E-state index contributed by atoms with van der Waals surface area (Å²) in [4.78, 5) is 12.6. The number of hydrogen-bond acceptors (Lipinski definition) is 4. The van der Waals surface area contributed by atoms with E-state index in [2.05, 4.69) is 4.90 Å². The van der Waals surface area contributed by atoms with Gasteiger partial charge in [-0.2, -0.15) is 0 Å². The summed E-state index contributed by atoms with van der Waals surface area (Å²) in [6, 6.07) is 3.58. The lowest BCUT2D eigenvalue weighted by Gasteiger charge is -2.32. The Morgan fingerprint density at radius 1 is 1.50 bits per heavy atom. The van der Waals surface area contributed by atoms with Crippen LogP contribution in [-0.4, -0.2) is 34.6 Å². The molecule has 1 N–H and O–H groups in total. The fourth-order valence-corrected chi connectivity index (χ4v) is 2.81. The first-order valence-corrected chi connectivity index (χ1v) is 6.86. The van der Waals surface area contributed by atoms with E-state index in [-0.39, 0.29) is 12.3 Å². The summed E-state index contributed by atoms with van der Waals surface area (Å²) in [5.74, 6) is -0.0316. The van der Waals surface area contributed by atoms with Gasteiger partial charge in [0, 0.05) is 31.3 Å². The van der Waals surface area contributed by atoms with E-state index >= 15 is 0 Å². The number of aliphatic hydroxyl groups is 1. The molecule has 1 heterocycles. The number of halogens is 1. The normalized spacial score (nSPS) is 20.0. The average Bonchev–Trinajstić information content (AvgIpc) is 2.39. The molecule has 20 heavy (non-hydrogen) atoms. The second-order valence-corrected chi connectivity index (χ2v) is 5.29. The first kappa shape index (κ1) is 14.9. The molecular weight excluding hydrogens is 263 g/mol. The quantitative estimate of drug-likeness (QED) is 0.665. The molecule has 5 nitrogen and oxygen atoms in total. The first-order valence-electron chi connectivity index (χ1n) is 6.86. The van der Waals surface area contributed by atoms with Crippen LogP contribution in [0, 0.1) is 21.8 Å². The highest BCUT2D eigenvalue weighted by Crippen LogP contribution is 2.25. The van der Waals surface area contributed by atoms with Gasteiger partial charge in [0.1, 0.15) is 5.82 Å². The first-order chi connectivity index (χ1) is 9.60. The molecule has 110 valence electrons. The molecule has 1 aromatic rings. The maximum Gasteiger partial charge on any atom is 0.274 e. The highest BCUT2D eigenvalue weighted by atomic mass is 19.1. The number of rotatable bonds is 5. The van der Waals surface area contributed by atoms with Crippen molar-refractivity contribution in [2.75, 3.05) is 19.7 Å². The third-order valence-electron chi connectivity index (χ3n) is 3.77. The molecule has 0 spiro atoms. The summed E-state index contributed by atoms with van der Waals surface area (Å²) in [5.41, 5.74) is 0.385. The van der Waals surface area contributed by atoms with Crippen LogP contribution in [0.1, 0.15) is 24.8 Å². The van der Waals surface area contributed by atoms with Gasteiger partial charge in [-0.1, -0.05) is 0 Å². The Morgan fingerprint density at radius 3 is 3.00 bits per heavy atom. The summed E-state index contributed by atoms with van der Waals surface area (Å²) in [7, 11) is 0. The number of nitro groups is 1. The Hall–Kier alpha value is -1.53. The van der Waals surface area contributed by atoms with E-state index in [0.717, 1.165) is 38.4 Å². The SMILES string of the molecule is O=[N+]([O-])c1ccc(F)cc1CN1CCCC(CCO)C1. The zero-order valence-electron chi connectivity index (χ0n) is 11.3. The molecule has 1 fully saturated rings. The third-order valence-corrected chi connectivity index (χ3v) is 3.77. The molecule has 1 aliphatic heterocycles. The topological polar surface area (TPSA) is 66.6 Å². The van der Waals surface area contributed by atoms with Crippen molar-refractivity contribution in [3.63, 3.8) is 0 Å². The van der Waals surface area contributed by atoms with Crippen LogP contribution in [0.5, 0.6) is 0 Å². The average molecular weight is 282 g/mol. The fraction of sp³-hybridized carbons (Fsp3) is 0.571. The van der Waals surface area contributed by atoms with Crippen molar-refractivity contribution in [1.82, 2.24) is 4.90 Å². The molecule has 1 saturated heterocycles. The van der Waals surface area contributed by atoms with Crippen molar-refractivity contribution in [1.29, 1.82) is 0 Å². The molecule has 6 heteroatoms. The second-order valence-electron chi connectivity index (χ2n) is 5.29. The van der Waals surface area contributed by atoms with Gasteiger partial charge >= 0.3 is 0 Å². The van der Waals surface area contributed by atoms with E-state index in [0.29, 0.717) is 18.0 Å². The van der Waals surface area contributed by atoms with Crippen LogP contribution >= 0.6 is 0 Å². The van der Waals surface area contributed by atoms with Crippen LogP contribution in [0.2, 0.25) is 0 Å². The molecule has 0 aliphatic carbocycles. The smallest absolute Gasteiger partial charge is 0.274 e. The summed E-state index contributed by atoms with van der Waals surface area (Å²) >= 11 is 0. The second kappa shape index (κ2) is 6.76. The lowest BCUT2D eigenvalue weighted by Crippen LogP contribution is -2.35. The molecular formula is C14H19FN2O3. The van der Waals surface area contributed by atoms with Gasteiger partial charge in [0.25, 0.3) is 5.69 Å². The van der Waals surface area contributed by atoms with Crippen molar-refractivity contribution in [3.8, 4) is 0 Å². The lowest BCUT2D eigenvalue weighted by molar-refractivity contribution is -0.385. The van der Waals surface area contributed by atoms with Gasteiger partial charge in [0.15, 0.2) is 0 Å². The summed E-state index contributed by atoms with van der Waals surface area (Å²) in [6.45, 7) is 2.21. The minimum absolute atomic E-state index is 0.0318. The van der Waals surface area contributed by atoms with Crippen LogP contribution in [0.25, 0.3) is 0 Å². The number of benzene rings is 1. The predicted octanol–water partition coefficient (Wildman–Crippen LogP) is 2.33. The summed E-state index contributed by atoms with van der Waals surface area (Å²) in [6.07, 6.45) is 2.83. The van der Waals surface area contributed by atoms with Crippen LogP contribution in [0.3, 0.4) is 0 Å². The van der Waals surface area contributed by atoms with Gasteiger partial charge in [-0.05, 0) is 43.9 Å². The Labute approximate surface area is 117 Å². The van der Waals surface area contributed by atoms with E-state index < -0.39 is 10.7 Å². The van der Waals surface area contributed by atoms with Crippen molar-refractivity contribution in [2.24, 2.45) is 5.92 Å². The van der Waals surface area contributed by atoms with Gasteiger partial charge in [-0.3, -0.25) is 15.0 Å². The van der Waals surface area contributed by atoms with Gasteiger partial charge < -0.3 is 5.11 Å². The molecule has 1 unspecified atom stereocenters. The van der Waals surface area contributed by atoms with Gasteiger partial charge in [-0.25, -0.2) is 4.39 Å². The minimum Gasteiger partial charge on any atom is -0.396 e. The van der Waals surface area contributed by atoms with Crippen molar-refractivity contribution < 1.29 is 14.4 Å². The standard InChI is InChI=1S/C14H19FN2O3/c15-13-3-4-14(17(19)20)12(8-13)10-16-6-1-2-11(9-16)5-7-18/h3-4,8,11,18H,1-2,5-7,9-10H2. The lowest BCUT2D eigenvalue weighted by atomic mass is 9.95. The van der Waals surface area contributed by atoms with Gasteiger partial charge in [0.05, 0.1) is 4.92 Å². The van der Waals surface area contributed by atoms with E-state index in [1.165, 1.54) is 12.1 Å². The number of nitrogens with zero attached hydrogens (tertiary/aromatic N) is 2. The Bertz CT molecular complexity index is 479. The Balaban J connectivity index is 2.09. The molecule has 0 bridgehead atoms. The molecule has 1 aliphatic rings. The summed E-state index contributed by atoms with van der Waals surface area (Å²) < 4.78 is 13.3. The van der Waals surface area contributed by atoms with Crippen LogP contribution in [-0.2, 0) is 6.54 Å². The molecule has 0 saturated carbocycles. The zero-order chi connectivity index (χ0) is 14.5. The largest absolute Gasteiger partial charge is 0.396 e. The number of likely N-dealkylation sites (tertiary alicyclic amines) is 1. The Morgan fingerprint density at radius 2 is 2.30 bits per heavy atom. The van der Waals surface area contributed by atoms with Crippen molar-refractivity contribution in [2.45, 2.75) is 25.8 Å². The van der Waals surface area contributed by atoms with Crippen molar-refractivity contribution >= 4 is 5.69 Å². The van der Waals surface area contributed by atoms with E-state index in [1.807, 2.05) is 0 Å². The molecule has 2 rings (SSSR count). The maximum atomic E-state index is 13.3. The van der Waals surface area contributed by atoms with Crippen molar-refractivity contribution in [3.05, 3.63) is 39.7 Å². The molecule has 1 atom stereocenters. The van der Waals surface area contributed by atoms with Gasteiger partial charge in [-0.15, -0.1) is 0 Å². The van der Waals surface area contributed by atoms with Gasteiger partial charge in [0.2, 0.25) is 0 Å². The number of aliphatic hydroxyl groups excluding tert-OH is 1. The predicted molar refractivity (Wildman–Crippen MR) is 72.8 cm³/mol. The van der Waals surface area contributed by atoms with Crippen LogP contribution in [0.15, 0.2) is 18.2 Å². The highest BCUT2D eigenvalue weighted by Gasteiger charge is 2.22. The maximum absolute atomic E-state index is 13.3. The van der Waals surface area contributed by atoms with Crippen LogP contribution in [0.4, 0.5) is 10.1 Å².